The Kier molecular flexibility index (Phi) is 9.21. The summed E-state index contributed by atoms with van der Waals surface area (Å²) in [6, 6.07) is 17.0. The number of rotatable bonds is 11. The van der Waals surface area contributed by atoms with Crippen molar-refractivity contribution in [3.8, 4) is 28.0 Å². The lowest BCUT2D eigenvalue weighted by Crippen LogP contribution is -2.23. The summed E-state index contributed by atoms with van der Waals surface area (Å²) < 4.78 is 12.1. The number of allylic oxidation sites excluding steroid dienone is 1. The number of benzene rings is 2. The quantitative estimate of drug-likeness (QED) is 0.0741. The number of carbonyl (C=O) groups excluding carboxylic acids is 2. The molecule has 0 aliphatic carbocycles. The molecule has 1 N–H and O–H groups in total. The standard InChI is InChI=1S/C31H27N3O5S3/c1-4-15-34-29(36)25-22(19-9-7-6-8-10-19)16-40-27(25)33-31(34)42-18-24(35)32-28-26(30(37)39-5-2)23(17-41-28)20-11-13-21(38-3)14-12-20/h4,6-14,16-17H,1,5,15,18H2,2-3H3,(H,32,35). The maximum Gasteiger partial charge on any atom is 0.341 e. The molecule has 0 atom stereocenters. The molecule has 214 valence electrons. The number of esters is 1. The first-order chi connectivity index (χ1) is 20.4. The van der Waals surface area contributed by atoms with E-state index in [-0.39, 0.29) is 30.4 Å². The lowest BCUT2D eigenvalue weighted by Gasteiger charge is -2.11. The number of fused-ring (bicyclic) bond motifs is 1. The van der Waals surface area contributed by atoms with E-state index in [4.69, 9.17) is 14.5 Å². The molecule has 0 unspecified atom stereocenters. The summed E-state index contributed by atoms with van der Waals surface area (Å²) in [5.74, 6) is -0.196. The van der Waals surface area contributed by atoms with E-state index in [2.05, 4.69) is 11.9 Å². The Morgan fingerprint density at radius 1 is 1.05 bits per heavy atom. The molecule has 0 radical (unpaired) electrons. The average molecular weight is 618 g/mol. The van der Waals surface area contributed by atoms with Crippen molar-refractivity contribution in [3.63, 3.8) is 0 Å². The minimum Gasteiger partial charge on any atom is -0.497 e. The van der Waals surface area contributed by atoms with E-state index in [0.717, 1.165) is 28.5 Å². The van der Waals surface area contributed by atoms with Crippen molar-refractivity contribution in [2.24, 2.45) is 0 Å². The summed E-state index contributed by atoms with van der Waals surface area (Å²) >= 11 is 3.79. The third-order valence-corrected chi connectivity index (χ3v) is 9.06. The Hall–Kier alpha value is -4.19. The van der Waals surface area contributed by atoms with Gasteiger partial charge in [-0.25, -0.2) is 9.78 Å². The zero-order valence-corrected chi connectivity index (χ0v) is 25.4. The van der Waals surface area contributed by atoms with Gasteiger partial charge in [0, 0.05) is 28.4 Å². The molecule has 8 nitrogen and oxygen atoms in total. The van der Waals surface area contributed by atoms with Crippen LogP contribution in [0, 0.1) is 0 Å². The molecule has 3 aromatic heterocycles. The summed E-state index contributed by atoms with van der Waals surface area (Å²) in [6.45, 7) is 5.97. The maximum absolute atomic E-state index is 13.6. The molecule has 5 rings (SSSR count). The van der Waals surface area contributed by atoms with Crippen LogP contribution >= 0.6 is 34.4 Å². The third-order valence-electron chi connectivity index (χ3n) is 6.31. The van der Waals surface area contributed by atoms with Crippen LogP contribution < -0.4 is 15.6 Å². The molecule has 0 saturated carbocycles. The first-order valence-electron chi connectivity index (χ1n) is 13.0. The van der Waals surface area contributed by atoms with Crippen molar-refractivity contribution in [3.05, 3.63) is 93.9 Å². The van der Waals surface area contributed by atoms with E-state index < -0.39 is 5.97 Å². The van der Waals surface area contributed by atoms with Crippen molar-refractivity contribution in [2.75, 3.05) is 24.8 Å². The smallest absolute Gasteiger partial charge is 0.341 e. The van der Waals surface area contributed by atoms with Crippen LogP contribution in [0.5, 0.6) is 5.75 Å². The highest BCUT2D eigenvalue weighted by Crippen LogP contribution is 2.37. The van der Waals surface area contributed by atoms with Crippen molar-refractivity contribution in [1.29, 1.82) is 0 Å². The van der Waals surface area contributed by atoms with Crippen molar-refractivity contribution >= 4 is 61.5 Å². The number of hydrogen-bond donors (Lipinski definition) is 1. The summed E-state index contributed by atoms with van der Waals surface area (Å²) in [5, 5.41) is 7.96. The normalized spacial score (nSPS) is 10.9. The van der Waals surface area contributed by atoms with Gasteiger partial charge in [0.15, 0.2) is 5.16 Å². The van der Waals surface area contributed by atoms with Gasteiger partial charge in [0.1, 0.15) is 21.1 Å². The number of nitrogens with one attached hydrogen (secondary N) is 1. The molecule has 0 aliphatic heterocycles. The minimum absolute atomic E-state index is 0.0238. The fourth-order valence-corrected chi connectivity index (χ4v) is 7.14. The molecule has 0 aliphatic rings. The molecule has 5 aromatic rings. The minimum atomic E-state index is -0.522. The number of carbonyl (C=O) groups is 2. The Morgan fingerprint density at radius 2 is 1.76 bits per heavy atom. The fourth-order valence-electron chi connectivity index (χ4n) is 4.37. The zero-order valence-electron chi connectivity index (χ0n) is 22.9. The van der Waals surface area contributed by atoms with Crippen LogP contribution in [0.1, 0.15) is 17.3 Å². The number of ether oxygens (including phenoxy) is 2. The lowest BCUT2D eigenvalue weighted by molar-refractivity contribution is -0.113. The number of nitrogens with zero attached hydrogens (tertiary/aromatic N) is 2. The van der Waals surface area contributed by atoms with E-state index in [1.807, 2.05) is 53.2 Å². The molecule has 11 heteroatoms. The van der Waals surface area contributed by atoms with Gasteiger partial charge >= 0.3 is 5.97 Å². The number of thiophene rings is 2. The van der Waals surface area contributed by atoms with Crippen LogP contribution in [0.15, 0.2) is 88.0 Å². The second-order valence-corrected chi connectivity index (χ2v) is 11.6. The fraction of sp³-hybridized carbons (Fsp3) is 0.161. The van der Waals surface area contributed by atoms with Gasteiger partial charge < -0.3 is 14.8 Å². The first-order valence-corrected chi connectivity index (χ1v) is 15.7. The highest BCUT2D eigenvalue weighted by atomic mass is 32.2. The summed E-state index contributed by atoms with van der Waals surface area (Å²) in [4.78, 5) is 45.0. The van der Waals surface area contributed by atoms with E-state index in [1.54, 1.807) is 32.2 Å². The van der Waals surface area contributed by atoms with E-state index in [0.29, 0.717) is 37.3 Å². The predicted molar refractivity (Wildman–Crippen MR) is 171 cm³/mol. The first kappa shape index (κ1) is 29.3. The Balaban J connectivity index is 1.40. The maximum atomic E-state index is 13.6. The third kappa shape index (κ3) is 6.03. The van der Waals surface area contributed by atoms with Gasteiger partial charge in [-0.2, -0.15) is 0 Å². The second-order valence-electron chi connectivity index (χ2n) is 8.93. The predicted octanol–water partition coefficient (Wildman–Crippen LogP) is 6.96. The Morgan fingerprint density at radius 3 is 2.45 bits per heavy atom. The topological polar surface area (TPSA) is 99.5 Å². The van der Waals surface area contributed by atoms with Gasteiger partial charge in [-0.3, -0.25) is 14.2 Å². The number of aromatic nitrogens is 2. The van der Waals surface area contributed by atoms with Crippen molar-refractivity contribution < 1.29 is 19.1 Å². The van der Waals surface area contributed by atoms with Gasteiger partial charge in [0.2, 0.25) is 5.91 Å². The van der Waals surface area contributed by atoms with Gasteiger partial charge in [0.25, 0.3) is 5.56 Å². The highest BCUT2D eigenvalue weighted by Gasteiger charge is 2.24. The van der Waals surface area contributed by atoms with Crippen LogP contribution in [0.4, 0.5) is 5.00 Å². The number of anilines is 1. The van der Waals surface area contributed by atoms with Gasteiger partial charge in [-0.05, 0) is 30.2 Å². The molecule has 0 fully saturated rings. The summed E-state index contributed by atoms with van der Waals surface area (Å²) in [6.07, 6.45) is 1.63. The summed E-state index contributed by atoms with van der Waals surface area (Å²) in [7, 11) is 1.59. The number of hydrogen-bond acceptors (Lipinski definition) is 9. The van der Waals surface area contributed by atoms with Crippen LogP contribution in [0.25, 0.3) is 32.5 Å². The van der Waals surface area contributed by atoms with Gasteiger partial charge in [-0.15, -0.1) is 29.3 Å². The molecular formula is C31H27N3O5S3. The highest BCUT2D eigenvalue weighted by molar-refractivity contribution is 7.99. The SMILES string of the molecule is C=CCn1c(SCC(=O)Nc2scc(-c3ccc(OC)cc3)c2C(=O)OCC)nc2scc(-c3ccccc3)c2c1=O. The van der Waals surface area contributed by atoms with Crippen LogP contribution in [0.3, 0.4) is 0 Å². The number of thioether (sulfide) groups is 1. The van der Waals surface area contributed by atoms with E-state index in [9.17, 15) is 14.4 Å². The van der Waals surface area contributed by atoms with E-state index in [1.165, 1.54) is 27.2 Å². The van der Waals surface area contributed by atoms with Crippen molar-refractivity contribution in [1.82, 2.24) is 9.55 Å². The van der Waals surface area contributed by atoms with Crippen LogP contribution in [-0.2, 0) is 16.1 Å². The van der Waals surface area contributed by atoms with Crippen LogP contribution in [0.2, 0.25) is 0 Å². The molecule has 2 aromatic carbocycles. The Bertz CT molecular complexity index is 1810. The van der Waals surface area contributed by atoms with Gasteiger partial charge in [-0.1, -0.05) is 60.3 Å². The molecule has 1 amide bonds. The van der Waals surface area contributed by atoms with Crippen LogP contribution in [-0.4, -0.2) is 40.9 Å². The summed E-state index contributed by atoms with van der Waals surface area (Å²) in [5.41, 5.74) is 3.33. The van der Waals surface area contributed by atoms with Gasteiger partial charge in [0.05, 0.1) is 24.9 Å². The molecule has 0 bridgehead atoms. The molecular weight excluding hydrogens is 591 g/mol. The molecule has 42 heavy (non-hydrogen) atoms. The number of methoxy groups -OCH3 is 1. The molecule has 0 spiro atoms. The second kappa shape index (κ2) is 13.2. The van der Waals surface area contributed by atoms with E-state index >= 15 is 0 Å². The average Bonchev–Trinajstić information content (AvgIpc) is 3.63. The zero-order chi connectivity index (χ0) is 29.6. The number of amides is 1. The lowest BCUT2D eigenvalue weighted by atomic mass is 10.0. The largest absolute Gasteiger partial charge is 0.497 e. The molecule has 0 saturated heterocycles. The monoisotopic (exact) mass is 617 g/mol. The Labute approximate surface area is 254 Å². The van der Waals surface area contributed by atoms with Crippen molar-refractivity contribution in [2.45, 2.75) is 18.6 Å². The molecule has 3 heterocycles.